The molecule has 0 aromatic heterocycles. The molecule has 1 aliphatic heterocycles. The minimum Gasteiger partial charge on any atom is -0.355 e. The van der Waals surface area contributed by atoms with Crippen LogP contribution < -0.4 is 10.6 Å². The predicted octanol–water partition coefficient (Wildman–Crippen LogP) is 2.84. The van der Waals surface area contributed by atoms with Crippen molar-refractivity contribution in [1.82, 2.24) is 15.5 Å². The van der Waals surface area contributed by atoms with Crippen LogP contribution in [-0.2, 0) is 10.8 Å². The summed E-state index contributed by atoms with van der Waals surface area (Å²) in [6, 6.07) is 10.3. The first-order chi connectivity index (χ1) is 12.2. The third-order valence-corrected chi connectivity index (χ3v) is 6.09. The lowest BCUT2D eigenvalue weighted by atomic mass is 10.0. The van der Waals surface area contributed by atoms with Crippen molar-refractivity contribution in [1.29, 1.82) is 0 Å². The number of aliphatic imine (C=N–C) groups is 1. The predicted molar refractivity (Wildman–Crippen MR) is 122 cm³/mol. The smallest absolute Gasteiger partial charge is 0.191 e. The van der Waals surface area contributed by atoms with E-state index in [9.17, 15) is 4.21 Å². The summed E-state index contributed by atoms with van der Waals surface area (Å²) < 4.78 is 12.2. The molecule has 1 aliphatic rings. The van der Waals surface area contributed by atoms with Crippen molar-refractivity contribution in [3.63, 3.8) is 0 Å². The van der Waals surface area contributed by atoms with E-state index in [1.165, 1.54) is 32.2 Å². The van der Waals surface area contributed by atoms with Gasteiger partial charge in [-0.25, -0.2) is 0 Å². The van der Waals surface area contributed by atoms with Gasteiger partial charge in [-0.3, -0.25) is 14.1 Å². The van der Waals surface area contributed by atoms with Gasteiger partial charge in [0, 0.05) is 43.4 Å². The molecule has 0 amide bonds. The van der Waals surface area contributed by atoms with Crippen LogP contribution >= 0.6 is 24.0 Å². The van der Waals surface area contributed by atoms with Crippen molar-refractivity contribution in [2.24, 2.45) is 4.99 Å². The second-order valence-electron chi connectivity index (χ2n) is 6.38. The first kappa shape index (κ1) is 23.4. The highest BCUT2D eigenvalue weighted by Crippen LogP contribution is 2.18. The van der Waals surface area contributed by atoms with E-state index in [4.69, 9.17) is 0 Å². The maximum absolute atomic E-state index is 12.2. The first-order valence-corrected chi connectivity index (χ1v) is 10.7. The second kappa shape index (κ2) is 13.5. The zero-order valence-corrected chi connectivity index (χ0v) is 19.1. The quantitative estimate of drug-likeness (QED) is 0.333. The lowest BCUT2D eigenvalue weighted by Crippen LogP contribution is -2.46. The van der Waals surface area contributed by atoms with Crippen molar-refractivity contribution in [2.75, 3.05) is 39.0 Å². The number of halogens is 1. The molecule has 5 nitrogen and oxygen atoms in total. The van der Waals surface area contributed by atoms with E-state index < -0.39 is 10.8 Å². The summed E-state index contributed by atoms with van der Waals surface area (Å²) in [5.41, 5.74) is 0. The minimum atomic E-state index is -0.971. The van der Waals surface area contributed by atoms with Gasteiger partial charge in [0.15, 0.2) is 5.96 Å². The Bertz CT molecular complexity index is 556. The molecule has 2 atom stereocenters. The van der Waals surface area contributed by atoms with E-state index in [2.05, 4.69) is 27.4 Å². The van der Waals surface area contributed by atoms with Crippen LogP contribution in [0, 0.1) is 0 Å². The molecule has 2 N–H and O–H groups in total. The normalized spacial score (nSPS) is 19.5. The number of likely N-dealkylation sites (tertiary alicyclic amines) is 1. The van der Waals surface area contributed by atoms with Crippen LogP contribution in [0.25, 0.3) is 0 Å². The summed E-state index contributed by atoms with van der Waals surface area (Å²) in [6.45, 7) is 6.07. The highest BCUT2D eigenvalue weighted by atomic mass is 127. The Labute approximate surface area is 177 Å². The first-order valence-electron chi connectivity index (χ1n) is 9.36. The van der Waals surface area contributed by atoms with Crippen molar-refractivity contribution in [3.8, 4) is 0 Å². The topological polar surface area (TPSA) is 56.7 Å². The van der Waals surface area contributed by atoms with Gasteiger partial charge < -0.3 is 10.6 Å². The van der Waals surface area contributed by atoms with Gasteiger partial charge >= 0.3 is 0 Å². The van der Waals surface area contributed by atoms with E-state index in [-0.39, 0.29) is 24.0 Å². The monoisotopic (exact) mass is 492 g/mol. The fraction of sp³-hybridized carbons (Fsp3) is 0.632. The molecule has 1 heterocycles. The fourth-order valence-corrected chi connectivity index (χ4v) is 4.29. The van der Waals surface area contributed by atoms with Gasteiger partial charge in [0.2, 0.25) is 0 Å². The Hall–Kier alpha value is -0.670. The Balaban J connectivity index is 0.00000338. The summed E-state index contributed by atoms with van der Waals surface area (Å²) in [5, 5.41) is 6.63. The summed E-state index contributed by atoms with van der Waals surface area (Å²) in [6.07, 6.45) is 5.24. The van der Waals surface area contributed by atoms with Crippen LogP contribution in [0.15, 0.2) is 40.2 Å². The third-order valence-electron chi connectivity index (χ3n) is 4.72. The summed E-state index contributed by atoms with van der Waals surface area (Å²) in [5.74, 6) is 1.37. The van der Waals surface area contributed by atoms with Crippen LogP contribution in [0.4, 0.5) is 0 Å². The Morgan fingerprint density at radius 3 is 2.65 bits per heavy atom. The minimum absolute atomic E-state index is 0. The zero-order valence-electron chi connectivity index (χ0n) is 15.9. The zero-order chi connectivity index (χ0) is 17.9. The SMILES string of the molecule is CCC1CCCCN1CCNC(=NC)NCCS(=O)c1ccccc1.I. The maximum atomic E-state index is 12.2. The second-order valence-corrected chi connectivity index (χ2v) is 7.95. The van der Waals surface area contributed by atoms with Crippen molar-refractivity contribution in [3.05, 3.63) is 30.3 Å². The van der Waals surface area contributed by atoms with Gasteiger partial charge in [0.05, 0.1) is 10.8 Å². The lowest BCUT2D eigenvalue weighted by Gasteiger charge is -2.35. The van der Waals surface area contributed by atoms with Crippen molar-refractivity contribution in [2.45, 2.75) is 43.5 Å². The van der Waals surface area contributed by atoms with Crippen molar-refractivity contribution < 1.29 is 4.21 Å². The molecule has 148 valence electrons. The summed E-state index contributed by atoms with van der Waals surface area (Å²) >= 11 is 0. The van der Waals surface area contributed by atoms with Crippen LogP contribution in [0.1, 0.15) is 32.6 Å². The number of hydrogen-bond acceptors (Lipinski definition) is 3. The third kappa shape index (κ3) is 7.92. The molecule has 1 fully saturated rings. The Morgan fingerprint density at radius 1 is 1.23 bits per heavy atom. The summed E-state index contributed by atoms with van der Waals surface area (Å²) in [4.78, 5) is 7.73. The van der Waals surface area contributed by atoms with Gasteiger partial charge in [-0.15, -0.1) is 24.0 Å². The largest absolute Gasteiger partial charge is 0.355 e. The van der Waals surface area contributed by atoms with E-state index in [1.54, 1.807) is 7.05 Å². The molecular formula is C19H33IN4OS. The highest BCUT2D eigenvalue weighted by Gasteiger charge is 2.19. The molecular weight excluding hydrogens is 459 g/mol. The lowest BCUT2D eigenvalue weighted by molar-refractivity contribution is 0.147. The van der Waals surface area contributed by atoms with E-state index in [0.29, 0.717) is 12.3 Å². The molecule has 0 spiro atoms. The molecule has 2 rings (SSSR count). The van der Waals surface area contributed by atoms with Crippen LogP contribution in [0.3, 0.4) is 0 Å². The molecule has 1 aromatic rings. The van der Waals surface area contributed by atoms with E-state index in [0.717, 1.165) is 30.0 Å². The average molecular weight is 492 g/mol. The number of benzene rings is 1. The van der Waals surface area contributed by atoms with Gasteiger partial charge in [-0.05, 0) is 37.9 Å². The molecule has 0 aliphatic carbocycles. The average Bonchev–Trinajstić information content (AvgIpc) is 2.67. The Kier molecular flexibility index (Phi) is 12.1. The Morgan fingerprint density at radius 2 is 1.96 bits per heavy atom. The molecule has 1 aromatic carbocycles. The van der Waals surface area contributed by atoms with E-state index in [1.807, 2.05) is 30.3 Å². The molecule has 1 saturated heterocycles. The molecule has 7 heteroatoms. The van der Waals surface area contributed by atoms with Gasteiger partial charge in [0.1, 0.15) is 0 Å². The molecule has 0 radical (unpaired) electrons. The summed E-state index contributed by atoms with van der Waals surface area (Å²) in [7, 11) is 0.806. The van der Waals surface area contributed by atoms with Gasteiger partial charge in [0.25, 0.3) is 0 Å². The highest BCUT2D eigenvalue weighted by molar-refractivity contribution is 14.0. The number of piperidine rings is 1. The number of hydrogen-bond donors (Lipinski definition) is 2. The molecule has 0 bridgehead atoms. The molecule has 26 heavy (non-hydrogen) atoms. The van der Waals surface area contributed by atoms with Crippen molar-refractivity contribution >= 4 is 40.7 Å². The molecule has 2 unspecified atom stereocenters. The number of guanidine groups is 1. The van der Waals surface area contributed by atoms with E-state index >= 15 is 0 Å². The van der Waals surface area contributed by atoms with Gasteiger partial charge in [-0.1, -0.05) is 31.5 Å². The van der Waals surface area contributed by atoms with Crippen LogP contribution in [0.2, 0.25) is 0 Å². The van der Waals surface area contributed by atoms with Gasteiger partial charge in [-0.2, -0.15) is 0 Å². The fourth-order valence-electron chi connectivity index (χ4n) is 3.31. The molecule has 0 saturated carbocycles. The maximum Gasteiger partial charge on any atom is 0.191 e. The van der Waals surface area contributed by atoms with Crippen LogP contribution in [0.5, 0.6) is 0 Å². The number of rotatable bonds is 8. The standard InChI is InChI=1S/C19H32N4OS.HI/c1-3-17-9-7-8-14-23(17)15-12-21-19(20-2)22-13-16-25(24)18-10-5-4-6-11-18;/h4-6,10-11,17H,3,7-9,12-16H2,1-2H3,(H2,20,21,22);1H. The number of nitrogens with zero attached hydrogens (tertiary/aromatic N) is 2. The van der Waals surface area contributed by atoms with Crippen LogP contribution in [-0.4, -0.2) is 60.1 Å². The number of nitrogens with one attached hydrogen (secondary N) is 2.